The predicted octanol–water partition coefficient (Wildman–Crippen LogP) is 2.10. The van der Waals surface area contributed by atoms with E-state index in [1.54, 1.807) is 6.20 Å². The monoisotopic (exact) mass is 189 g/mol. The van der Waals surface area contributed by atoms with Gasteiger partial charge in [0.1, 0.15) is 5.82 Å². The van der Waals surface area contributed by atoms with Crippen LogP contribution in [0.5, 0.6) is 0 Å². The molecule has 2 rings (SSSR count). The molecule has 3 nitrogen and oxygen atoms in total. The third-order valence-corrected chi connectivity index (χ3v) is 2.56. The topological polar surface area (TPSA) is 50.9 Å². The SMILES string of the molecule is Cc1ccnc(NC2CC=CC2)c1N. The van der Waals surface area contributed by atoms with E-state index in [4.69, 9.17) is 5.73 Å². The van der Waals surface area contributed by atoms with Gasteiger partial charge in [0.2, 0.25) is 0 Å². The van der Waals surface area contributed by atoms with Crippen molar-refractivity contribution >= 4 is 11.5 Å². The molecular weight excluding hydrogens is 174 g/mol. The van der Waals surface area contributed by atoms with Gasteiger partial charge in [-0.2, -0.15) is 0 Å². The molecule has 0 spiro atoms. The van der Waals surface area contributed by atoms with Gasteiger partial charge < -0.3 is 11.1 Å². The number of nitrogens with two attached hydrogens (primary N) is 1. The highest BCUT2D eigenvalue weighted by Crippen LogP contribution is 2.22. The Kier molecular flexibility index (Phi) is 2.39. The standard InChI is InChI=1S/C11H15N3/c1-8-6-7-13-11(10(8)12)14-9-4-2-3-5-9/h2-3,6-7,9H,4-5,12H2,1H3,(H,13,14). The second-order valence-corrected chi connectivity index (χ2v) is 3.67. The lowest BCUT2D eigenvalue weighted by molar-refractivity contribution is 0.781. The summed E-state index contributed by atoms with van der Waals surface area (Å²) in [6.07, 6.45) is 8.29. The summed E-state index contributed by atoms with van der Waals surface area (Å²) in [7, 11) is 0. The fourth-order valence-electron chi connectivity index (χ4n) is 1.61. The van der Waals surface area contributed by atoms with Crippen LogP contribution < -0.4 is 11.1 Å². The Morgan fingerprint density at radius 3 is 2.86 bits per heavy atom. The lowest BCUT2D eigenvalue weighted by Gasteiger charge is -2.15. The largest absolute Gasteiger partial charge is 0.396 e. The molecule has 3 N–H and O–H groups in total. The fourth-order valence-corrected chi connectivity index (χ4v) is 1.61. The van der Waals surface area contributed by atoms with Gasteiger partial charge in [0.05, 0.1) is 5.69 Å². The zero-order valence-corrected chi connectivity index (χ0v) is 8.33. The highest BCUT2D eigenvalue weighted by molar-refractivity contribution is 5.65. The molecule has 0 radical (unpaired) electrons. The molecule has 74 valence electrons. The predicted molar refractivity (Wildman–Crippen MR) is 59.2 cm³/mol. The number of nitrogens with one attached hydrogen (secondary N) is 1. The van der Waals surface area contributed by atoms with E-state index in [0.717, 1.165) is 29.9 Å². The summed E-state index contributed by atoms with van der Waals surface area (Å²) >= 11 is 0. The van der Waals surface area contributed by atoms with E-state index in [1.807, 2.05) is 13.0 Å². The van der Waals surface area contributed by atoms with Crippen LogP contribution in [0.25, 0.3) is 0 Å². The summed E-state index contributed by atoms with van der Waals surface area (Å²) in [5.41, 5.74) is 7.76. The second kappa shape index (κ2) is 3.70. The first kappa shape index (κ1) is 9.06. The maximum absolute atomic E-state index is 5.92. The Morgan fingerprint density at radius 1 is 1.43 bits per heavy atom. The first-order valence-electron chi connectivity index (χ1n) is 4.90. The van der Waals surface area contributed by atoms with Crippen molar-refractivity contribution in [3.05, 3.63) is 30.0 Å². The molecule has 0 saturated carbocycles. The summed E-state index contributed by atoms with van der Waals surface area (Å²) in [4.78, 5) is 4.24. The summed E-state index contributed by atoms with van der Waals surface area (Å²) in [6.45, 7) is 2.00. The van der Waals surface area contributed by atoms with Gasteiger partial charge in [-0.25, -0.2) is 4.98 Å². The number of aryl methyl sites for hydroxylation is 1. The van der Waals surface area contributed by atoms with Crippen LogP contribution in [0.4, 0.5) is 11.5 Å². The number of nitrogens with zero attached hydrogens (tertiary/aromatic N) is 1. The van der Waals surface area contributed by atoms with E-state index in [2.05, 4.69) is 22.5 Å². The van der Waals surface area contributed by atoms with Gasteiger partial charge in [-0.1, -0.05) is 12.2 Å². The van der Waals surface area contributed by atoms with Crippen LogP contribution in [0, 0.1) is 6.92 Å². The van der Waals surface area contributed by atoms with E-state index >= 15 is 0 Å². The zero-order chi connectivity index (χ0) is 9.97. The van der Waals surface area contributed by atoms with Crippen molar-refractivity contribution in [1.29, 1.82) is 0 Å². The van der Waals surface area contributed by atoms with Crippen LogP contribution in [0.15, 0.2) is 24.4 Å². The molecule has 0 unspecified atom stereocenters. The summed E-state index contributed by atoms with van der Waals surface area (Å²) in [6, 6.07) is 2.39. The van der Waals surface area contributed by atoms with Crippen molar-refractivity contribution in [2.24, 2.45) is 0 Å². The Balaban J connectivity index is 2.12. The minimum absolute atomic E-state index is 0.464. The van der Waals surface area contributed by atoms with Gasteiger partial charge in [-0.15, -0.1) is 0 Å². The highest BCUT2D eigenvalue weighted by atomic mass is 15.0. The van der Waals surface area contributed by atoms with Crippen molar-refractivity contribution < 1.29 is 0 Å². The van der Waals surface area contributed by atoms with Crippen molar-refractivity contribution in [3.8, 4) is 0 Å². The molecule has 0 aliphatic heterocycles. The summed E-state index contributed by atoms with van der Waals surface area (Å²) in [5.74, 6) is 0.818. The molecule has 0 bridgehead atoms. The smallest absolute Gasteiger partial charge is 0.149 e. The van der Waals surface area contributed by atoms with E-state index in [0.29, 0.717) is 6.04 Å². The molecule has 1 aromatic rings. The molecule has 0 saturated heterocycles. The van der Waals surface area contributed by atoms with Crippen molar-refractivity contribution in [3.63, 3.8) is 0 Å². The Labute approximate surface area is 84.0 Å². The molecule has 3 heteroatoms. The number of hydrogen-bond donors (Lipinski definition) is 2. The van der Waals surface area contributed by atoms with E-state index in [-0.39, 0.29) is 0 Å². The molecule has 1 aromatic heterocycles. The van der Waals surface area contributed by atoms with Crippen LogP contribution in [-0.4, -0.2) is 11.0 Å². The van der Waals surface area contributed by atoms with Gasteiger partial charge in [0.25, 0.3) is 0 Å². The average Bonchev–Trinajstić information content (AvgIpc) is 2.66. The molecule has 1 aliphatic carbocycles. The number of pyridine rings is 1. The van der Waals surface area contributed by atoms with Crippen molar-refractivity contribution in [1.82, 2.24) is 4.98 Å². The van der Waals surface area contributed by atoms with E-state index in [9.17, 15) is 0 Å². The Bertz CT molecular complexity index is 350. The van der Waals surface area contributed by atoms with Gasteiger partial charge >= 0.3 is 0 Å². The third-order valence-electron chi connectivity index (χ3n) is 2.56. The quantitative estimate of drug-likeness (QED) is 0.700. The lowest BCUT2D eigenvalue weighted by atomic mass is 10.2. The number of rotatable bonds is 2. The summed E-state index contributed by atoms with van der Waals surface area (Å²) < 4.78 is 0. The molecule has 1 heterocycles. The number of nitrogen functional groups attached to an aromatic ring is 1. The first-order chi connectivity index (χ1) is 6.77. The zero-order valence-electron chi connectivity index (χ0n) is 8.33. The van der Waals surface area contributed by atoms with Gasteiger partial charge in [0.15, 0.2) is 0 Å². The minimum atomic E-state index is 0.464. The van der Waals surface area contributed by atoms with Crippen molar-refractivity contribution in [2.75, 3.05) is 11.1 Å². The number of hydrogen-bond acceptors (Lipinski definition) is 3. The normalized spacial score (nSPS) is 16.1. The average molecular weight is 189 g/mol. The van der Waals surface area contributed by atoms with Gasteiger partial charge in [-0.3, -0.25) is 0 Å². The molecule has 0 aromatic carbocycles. The number of aromatic nitrogens is 1. The Hall–Kier alpha value is -1.51. The van der Waals surface area contributed by atoms with Crippen molar-refractivity contribution in [2.45, 2.75) is 25.8 Å². The van der Waals surface area contributed by atoms with Gasteiger partial charge in [-0.05, 0) is 31.4 Å². The fraction of sp³-hybridized carbons (Fsp3) is 0.364. The van der Waals surface area contributed by atoms with E-state index in [1.165, 1.54) is 0 Å². The summed E-state index contributed by atoms with van der Waals surface area (Å²) in [5, 5.41) is 3.35. The van der Waals surface area contributed by atoms with Crippen LogP contribution >= 0.6 is 0 Å². The van der Waals surface area contributed by atoms with E-state index < -0.39 is 0 Å². The maximum Gasteiger partial charge on any atom is 0.149 e. The lowest BCUT2D eigenvalue weighted by Crippen LogP contribution is -2.17. The van der Waals surface area contributed by atoms with Crippen LogP contribution in [-0.2, 0) is 0 Å². The molecule has 0 atom stereocenters. The van der Waals surface area contributed by atoms with Gasteiger partial charge in [0, 0.05) is 12.2 Å². The molecule has 14 heavy (non-hydrogen) atoms. The van der Waals surface area contributed by atoms with Crippen LogP contribution in [0.2, 0.25) is 0 Å². The molecular formula is C11H15N3. The highest BCUT2D eigenvalue weighted by Gasteiger charge is 2.12. The maximum atomic E-state index is 5.92. The molecule has 0 fully saturated rings. The number of anilines is 2. The third kappa shape index (κ3) is 1.71. The van der Waals surface area contributed by atoms with Crippen LogP contribution in [0.1, 0.15) is 18.4 Å². The molecule has 0 amide bonds. The second-order valence-electron chi connectivity index (χ2n) is 3.67. The Morgan fingerprint density at radius 2 is 2.14 bits per heavy atom. The van der Waals surface area contributed by atoms with Crippen LogP contribution in [0.3, 0.4) is 0 Å². The first-order valence-corrected chi connectivity index (χ1v) is 4.90. The molecule has 1 aliphatic rings. The minimum Gasteiger partial charge on any atom is -0.396 e.